The van der Waals surface area contributed by atoms with E-state index in [2.05, 4.69) is 15.3 Å². The molecular weight excluding hydrogens is 385 g/mol. The fourth-order valence-corrected chi connectivity index (χ4v) is 2.84. The van der Waals surface area contributed by atoms with Crippen LogP contribution in [0.1, 0.15) is 5.82 Å². The Morgan fingerprint density at radius 3 is 2.68 bits per heavy atom. The quantitative estimate of drug-likeness (QED) is 0.610. The van der Waals surface area contributed by atoms with E-state index in [1.165, 1.54) is 12.1 Å². The number of aromatic nitrogens is 2. The first-order valence-electron chi connectivity index (χ1n) is 7.50. The lowest BCUT2D eigenvalue weighted by Gasteiger charge is -2.09. The first-order chi connectivity index (χ1) is 12.0. The molecule has 5 nitrogen and oxygen atoms in total. The minimum Gasteiger partial charge on any atom is -0.482 e. The van der Waals surface area contributed by atoms with Crippen LogP contribution in [0.2, 0.25) is 15.1 Å². The molecule has 0 unspecified atom stereocenters. The number of H-pyrrole nitrogens is 1. The summed E-state index contributed by atoms with van der Waals surface area (Å²) in [5.41, 5.74) is 1.88. The highest BCUT2D eigenvalue weighted by Gasteiger charge is 2.10. The molecule has 2 N–H and O–H groups in total. The zero-order valence-corrected chi connectivity index (χ0v) is 15.3. The highest BCUT2D eigenvalue weighted by molar-refractivity contribution is 6.43. The van der Waals surface area contributed by atoms with Gasteiger partial charge in [-0.15, -0.1) is 0 Å². The molecule has 0 saturated carbocycles. The molecule has 0 fully saturated rings. The number of fused-ring (bicyclic) bond motifs is 1. The molecule has 0 spiro atoms. The van der Waals surface area contributed by atoms with E-state index in [0.717, 1.165) is 16.9 Å². The van der Waals surface area contributed by atoms with Crippen LogP contribution in [0.25, 0.3) is 11.0 Å². The van der Waals surface area contributed by atoms with E-state index in [-0.39, 0.29) is 12.5 Å². The zero-order chi connectivity index (χ0) is 17.8. The Kier molecular flexibility index (Phi) is 5.68. The molecule has 8 heteroatoms. The van der Waals surface area contributed by atoms with Crippen LogP contribution in [0.3, 0.4) is 0 Å². The minimum atomic E-state index is -0.266. The summed E-state index contributed by atoms with van der Waals surface area (Å²) in [6.07, 6.45) is 0.591. The summed E-state index contributed by atoms with van der Waals surface area (Å²) in [5, 5.41) is 3.70. The normalized spacial score (nSPS) is 10.8. The highest BCUT2D eigenvalue weighted by Crippen LogP contribution is 2.33. The molecule has 2 aromatic carbocycles. The number of ether oxygens (including phenoxy) is 1. The van der Waals surface area contributed by atoms with E-state index < -0.39 is 0 Å². The van der Waals surface area contributed by atoms with Crippen LogP contribution in [0, 0.1) is 0 Å². The van der Waals surface area contributed by atoms with Crippen LogP contribution in [0.5, 0.6) is 5.75 Å². The van der Waals surface area contributed by atoms with Crippen molar-refractivity contribution in [1.82, 2.24) is 15.3 Å². The summed E-state index contributed by atoms with van der Waals surface area (Å²) in [4.78, 5) is 19.5. The third-order valence-electron chi connectivity index (χ3n) is 3.46. The van der Waals surface area contributed by atoms with E-state index in [9.17, 15) is 4.79 Å². The maximum absolute atomic E-state index is 11.9. The maximum atomic E-state index is 11.9. The molecule has 0 aliphatic carbocycles. The fourth-order valence-electron chi connectivity index (χ4n) is 2.25. The predicted octanol–water partition coefficient (Wildman–Crippen LogP) is 4.26. The monoisotopic (exact) mass is 397 g/mol. The average molecular weight is 399 g/mol. The van der Waals surface area contributed by atoms with Gasteiger partial charge in [0.2, 0.25) is 0 Å². The van der Waals surface area contributed by atoms with E-state index in [1.54, 1.807) is 0 Å². The summed E-state index contributed by atoms with van der Waals surface area (Å²) in [6, 6.07) is 10.7. The first kappa shape index (κ1) is 17.9. The van der Waals surface area contributed by atoms with Crippen LogP contribution in [-0.2, 0) is 11.2 Å². The second-order valence-electron chi connectivity index (χ2n) is 5.29. The first-order valence-corrected chi connectivity index (χ1v) is 8.64. The summed E-state index contributed by atoms with van der Waals surface area (Å²) < 4.78 is 5.37. The van der Waals surface area contributed by atoms with Gasteiger partial charge in [0.1, 0.15) is 11.6 Å². The van der Waals surface area contributed by atoms with Gasteiger partial charge in [0.15, 0.2) is 6.61 Å². The molecule has 0 aliphatic rings. The smallest absolute Gasteiger partial charge is 0.257 e. The molecule has 0 bridgehead atoms. The Morgan fingerprint density at radius 2 is 1.88 bits per heavy atom. The summed E-state index contributed by atoms with van der Waals surface area (Å²) in [6.45, 7) is 0.273. The number of hydrogen-bond donors (Lipinski definition) is 2. The van der Waals surface area contributed by atoms with Gasteiger partial charge in [-0.25, -0.2) is 4.98 Å². The molecule has 0 aliphatic heterocycles. The van der Waals surface area contributed by atoms with Crippen molar-refractivity contribution in [2.75, 3.05) is 13.2 Å². The Bertz CT molecular complexity index is 878. The largest absolute Gasteiger partial charge is 0.482 e. The number of aromatic amines is 1. The zero-order valence-electron chi connectivity index (χ0n) is 13.0. The third-order valence-corrected chi connectivity index (χ3v) is 4.47. The molecule has 25 heavy (non-hydrogen) atoms. The molecule has 0 atom stereocenters. The molecule has 1 aromatic heterocycles. The molecule has 3 aromatic rings. The molecule has 1 heterocycles. The lowest BCUT2D eigenvalue weighted by molar-refractivity contribution is -0.123. The van der Waals surface area contributed by atoms with Crippen molar-refractivity contribution in [3.63, 3.8) is 0 Å². The van der Waals surface area contributed by atoms with E-state index >= 15 is 0 Å². The summed E-state index contributed by atoms with van der Waals surface area (Å²) in [7, 11) is 0. The van der Waals surface area contributed by atoms with Crippen LogP contribution in [0.15, 0.2) is 36.4 Å². The van der Waals surface area contributed by atoms with Crippen molar-refractivity contribution in [2.45, 2.75) is 6.42 Å². The van der Waals surface area contributed by atoms with Crippen LogP contribution >= 0.6 is 34.8 Å². The van der Waals surface area contributed by atoms with Gasteiger partial charge in [0.25, 0.3) is 5.91 Å². The van der Waals surface area contributed by atoms with Crippen LogP contribution in [0.4, 0.5) is 0 Å². The van der Waals surface area contributed by atoms with Gasteiger partial charge in [0.05, 0.1) is 26.1 Å². The van der Waals surface area contributed by atoms with Crippen molar-refractivity contribution in [3.05, 3.63) is 57.3 Å². The van der Waals surface area contributed by atoms with Gasteiger partial charge in [-0.3, -0.25) is 4.79 Å². The summed E-state index contributed by atoms with van der Waals surface area (Å²) in [5.74, 6) is 0.858. The average Bonchev–Trinajstić information content (AvgIpc) is 2.99. The van der Waals surface area contributed by atoms with Gasteiger partial charge in [-0.2, -0.15) is 0 Å². The fraction of sp³-hybridized carbons (Fsp3) is 0.176. The van der Waals surface area contributed by atoms with Gasteiger partial charge in [-0.05, 0) is 18.2 Å². The van der Waals surface area contributed by atoms with Gasteiger partial charge >= 0.3 is 0 Å². The molecular formula is C17H14Cl3N3O2. The number of imidazole rings is 1. The number of nitrogens with one attached hydrogen (secondary N) is 2. The Hall–Kier alpha value is -1.95. The standard InChI is InChI=1S/C17H14Cl3N3O2/c18-10-7-12(20)15(8-11(10)19)25-9-17(24)21-6-5-16-22-13-3-1-2-4-14(13)23-16/h1-4,7-8H,5-6,9H2,(H,21,24)(H,22,23). The number of hydrogen-bond acceptors (Lipinski definition) is 3. The Labute approximate surface area is 159 Å². The number of carbonyl (C=O) groups is 1. The SMILES string of the molecule is O=C(COc1cc(Cl)c(Cl)cc1Cl)NCCc1nc2ccccc2[nH]1. The van der Waals surface area contributed by atoms with Crippen molar-refractivity contribution in [3.8, 4) is 5.75 Å². The number of halogens is 3. The van der Waals surface area contributed by atoms with E-state index in [0.29, 0.717) is 33.8 Å². The summed E-state index contributed by atoms with van der Waals surface area (Å²) >= 11 is 17.7. The van der Waals surface area contributed by atoms with Crippen molar-refractivity contribution >= 4 is 51.7 Å². The molecule has 0 radical (unpaired) electrons. The van der Waals surface area contributed by atoms with E-state index in [4.69, 9.17) is 39.5 Å². The van der Waals surface area contributed by atoms with Crippen molar-refractivity contribution in [2.24, 2.45) is 0 Å². The van der Waals surface area contributed by atoms with Crippen LogP contribution < -0.4 is 10.1 Å². The molecule has 130 valence electrons. The number of benzene rings is 2. The second-order valence-corrected chi connectivity index (χ2v) is 6.51. The number of carbonyl (C=O) groups excluding carboxylic acids is 1. The lowest BCUT2D eigenvalue weighted by atomic mass is 10.3. The second kappa shape index (κ2) is 7.95. The van der Waals surface area contributed by atoms with E-state index in [1.807, 2.05) is 24.3 Å². The molecule has 0 saturated heterocycles. The topological polar surface area (TPSA) is 67.0 Å². The van der Waals surface area contributed by atoms with Crippen molar-refractivity contribution in [1.29, 1.82) is 0 Å². The maximum Gasteiger partial charge on any atom is 0.257 e. The van der Waals surface area contributed by atoms with Crippen molar-refractivity contribution < 1.29 is 9.53 Å². The van der Waals surface area contributed by atoms with Crippen LogP contribution in [-0.4, -0.2) is 29.0 Å². The lowest BCUT2D eigenvalue weighted by Crippen LogP contribution is -2.30. The number of nitrogens with zero attached hydrogens (tertiary/aromatic N) is 1. The Balaban J connectivity index is 1.47. The third kappa shape index (κ3) is 4.57. The highest BCUT2D eigenvalue weighted by atomic mass is 35.5. The molecule has 1 amide bonds. The van der Waals surface area contributed by atoms with Gasteiger partial charge in [-0.1, -0.05) is 46.9 Å². The number of rotatable bonds is 6. The predicted molar refractivity (Wildman–Crippen MR) is 99.8 cm³/mol. The molecule has 3 rings (SSSR count). The number of para-hydroxylation sites is 2. The minimum absolute atomic E-state index is 0.169. The van der Waals surface area contributed by atoms with Gasteiger partial charge < -0.3 is 15.0 Å². The Morgan fingerprint density at radius 1 is 1.12 bits per heavy atom. The van der Waals surface area contributed by atoms with Gasteiger partial charge in [0, 0.05) is 19.0 Å². The number of amides is 1.